The molecule has 1 aromatic carbocycles. The fourth-order valence-corrected chi connectivity index (χ4v) is 1.36. The number of benzene rings is 1. The van der Waals surface area contributed by atoms with Gasteiger partial charge in [0.25, 0.3) is 0 Å². The Labute approximate surface area is 106 Å². The third-order valence-corrected chi connectivity index (χ3v) is 2.28. The molecule has 0 heterocycles. The van der Waals surface area contributed by atoms with Crippen molar-refractivity contribution < 1.29 is 13.9 Å². The van der Waals surface area contributed by atoms with Gasteiger partial charge < -0.3 is 4.74 Å². The second-order valence-corrected chi connectivity index (χ2v) is 5.14. The van der Waals surface area contributed by atoms with Gasteiger partial charge in [-0.3, -0.25) is 0 Å². The van der Waals surface area contributed by atoms with Gasteiger partial charge in [-0.1, -0.05) is 29.8 Å². The average Bonchev–Trinajstić information content (AvgIpc) is 2.26. The second-order valence-electron chi connectivity index (χ2n) is 5.14. The number of nitriles is 1. The Morgan fingerprint density at radius 2 is 1.78 bits per heavy atom. The van der Waals surface area contributed by atoms with Gasteiger partial charge in [-0.15, -0.1) is 0 Å². The van der Waals surface area contributed by atoms with E-state index in [1.54, 1.807) is 32.9 Å². The van der Waals surface area contributed by atoms with E-state index < -0.39 is 17.2 Å². The summed E-state index contributed by atoms with van der Waals surface area (Å²) < 4.78 is 19.4. The minimum atomic E-state index is -2.76. The van der Waals surface area contributed by atoms with Crippen molar-refractivity contribution >= 4 is 5.97 Å². The lowest BCUT2D eigenvalue weighted by Gasteiger charge is -2.24. The molecule has 0 spiro atoms. The SMILES string of the molecule is Cc1ccc([C@@](F)(C#N)C(=O)OC(C)(C)C)cc1. The molecule has 0 aromatic heterocycles. The van der Waals surface area contributed by atoms with Crippen LogP contribution in [0.1, 0.15) is 31.9 Å². The first-order valence-corrected chi connectivity index (χ1v) is 5.60. The lowest BCUT2D eigenvalue weighted by atomic mass is 9.96. The van der Waals surface area contributed by atoms with Gasteiger partial charge in [0.2, 0.25) is 0 Å². The molecule has 0 unspecified atom stereocenters. The molecule has 1 rings (SSSR count). The maximum atomic E-state index is 14.5. The molecule has 0 fully saturated rings. The molecule has 1 atom stereocenters. The molecule has 96 valence electrons. The number of halogens is 1. The van der Waals surface area contributed by atoms with Crippen LogP contribution in [-0.2, 0) is 15.2 Å². The summed E-state index contributed by atoms with van der Waals surface area (Å²) in [5.41, 5.74) is -2.69. The van der Waals surface area contributed by atoms with E-state index in [0.29, 0.717) is 0 Å². The van der Waals surface area contributed by atoms with E-state index in [0.717, 1.165) is 5.56 Å². The van der Waals surface area contributed by atoms with Gasteiger partial charge in [0.05, 0.1) is 0 Å². The highest BCUT2D eigenvalue weighted by Gasteiger charge is 2.44. The fourth-order valence-electron chi connectivity index (χ4n) is 1.36. The summed E-state index contributed by atoms with van der Waals surface area (Å²) in [4.78, 5) is 11.8. The third-order valence-electron chi connectivity index (χ3n) is 2.28. The molecule has 0 radical (unpaired) electrons. The van der Waals surface area contributed by atoms with E-state index in [1.165, 1.54) is 18.2 Å². The van der Waals surface area contributed by atoms with Crippen LogP contribution < -0.4 is 0 Å². The lowest BCUT2D eigenvalue weighted by molar-refractivity contribution is -0.166. The highest BCUT2D eigenvalue weighted by molar-refractivity contribution is 5.85. The number of hydrogen-bond donors (Lipinski definition) is 0. The van der Waals surface area contributed by atoms with E-state index in [1.807, 2.05) is 6.92 Å². The number of ether oxygens (including phenoxy) is 1. The fraction of sp³-hybridized carbons (Fsp3) is 0.429. The minimum absolute atomic E-state index is 0.00940. The van der Waals surface area contributed by atoms with Crippen molar-refractivity contribution in [3.8, 4) is 6.07 Å². The van der Waals surface area contributed by atoms with Crippen molar-refractivity contribution in [1.29, 1.82) is 5.26 Å². The average molecular weight is 249 g/mol. The first kappa shape index (κ1) is 14.2. The minimum Gasteiger partial charge on any atom is -0.457 e. The molecular weight excluding hydrogens is 233 g/mol. The van der Waals surface area contributed by atoms with Gasteiger partial charge in [0.15, 0.2) is 0 Å². The number of carbonyl (C=O) groups is 1. The molecule has 0 aliphatic rings. The summed E-state index contributed by atoms with van der Waals surface area (Å²) in [5, 5.41) is 8.95. The van der Waals surface area contributed by atoms with E-state index in [-0.39, 0.29) is 5.56 Å². The van der Waals surface area contributed by atoms with Crippen molar-refractivity contribution in [2.75, 3.05) is 0 Å². The van der Waals surface area contributed by atoms with Gasteiger partial charge in [0, 0.05) is 5.56 Å². The summed E-state index contributed by atoms with van der Waals surface area (Å²) in [6.45, 7) is 6.71. The molecule has 0 aliphatic carbocycles. The summed E-state index contributed by atoms with van der Waals surface area (Å²) in [7, 11) is 0. The Balaban J connectivity index is 3.10. The second kappa shape index (κ2) is 4.77. The van der Waals surface area contributed by atoms with Gasteiger partial charge in [0.1, 0.15) is 11.7 Å². The van der Waals surface area contributed by atoms with Crippen LogP contribution in [0.5, 0.6) is 0 Å². The van der Waals surface area contributed by atoms with Crippen molar-refractivity contribution in [1.82, 2.24) is 0 Å². The number of alkyl halides is 1. The van der Waals surface area contributed by atoms with Crippen LogP contribution >= 0.6 is 0 Å². The van der Waals surface area contributed by atoms with E-state index >= 15 is 0 Å². The van der Waals surface area contributed by atoms with Gasteiger partial charge in [-0.05, 0) is 27.7 Å². The zero-order valence-electron chi connectivity index (χ0n) is 11.0. The van der Waals surface area contributed by atoms with Crippen molar-refractivity contribution in [3.63, 3.8) is 0 Å². The highest BCUT2D eigenvalue weighted by Crippen LogP contribution is 2.29. The Morgan fingerprint density at radius 1 is 1.28 bits per heavy atom. The standard InChI is InChI=1S/C14H16FNO2/c1-10-5-7-11(8-6-10)14(15,9-16)12(17)18-13(2,3)4/h5-8H,1-4H3/t14-/m0/s1. The summed E-state index contributed by atoms with van der Waals surface area (Å²) in [6, 6.07) is 7.52. The van der Waals surface area contributed by atoms with E-state index in [2.05, 4.69) is 0 Å². The van der Waals surface area contributed by atoms with E-state index in [4.69, 9.17) is 10.00 Å². The summed E-state index contributed by atoms with van der Waals surface area (Å²) >= 11 is 0. The quantitative estimate of drug-likeness (QED) is 0.757. The molecular formula is C14H16FNO2. The molecule has 0 bridgehead atoms. The Kier molecular flexibility index (Phi) is 3.76. The molecule has 0 amide bonds. The Morgan fingerprint density at radius 3 is 2.17 bits per heavy atom. The molecule has 0 saturated heterocycles. The number of carbonyl (C=O) groups excluding carboxylic acids is 1. The van der Waals surface area contributed by atoms with Gasteiger partial charge >= 0.3 is 11.6 Å². The Hall–Kier alpha value is -1.89. The molecule has 18 heavy (non-hydrogen) atoms. The van der Waals surface area contributed by atoms with Crippen molar-refractivity contribution in [2.45, 2.75) is 39.0 Å². The molecule has 0 aliphatic heterocycles. The lowest BCUT2D eigenvalue weighted by Crippen LogP contribution is -2.37. The zero-order chi connectivity index (χ0) is 14.0. The molecule has 0 N–H and O–H groups in total. The number of hydrogen-bond acceptors (Lipinski definition) is 3. The van der Waals surface area contributed by atoms with Crippen LogP contribution in [0.2, 0.25) is 0 Å². The number of aryl methyl sites for hydroxylation is 1. The first-order valence-electron chi connectivity index (χ1n) is 5.60. The molecule has 3 nitrogen and oxygen atoms in total. The third kappa shape index (κ3) is 3.07. The van der Waals surface area contributed by atoms with Gasteiger partial charge in [-0.25, -0.2) is 9.18 Å². The maximum Gasteiger partial charge on any atom is 0.364 e. The topological polar surface area (TPSA) is 50.1 Å². The number of esters is 1. The largest absolute Gasteiger partial charge is 0.457 e. The van der Waals surface area contributed by atoms with Crippen LogP contribution in [0.15, 0.2) is 24.3 Å². The molecule has 0 saturated carbocycles. The number of nitrogens with zero attached hydrogens (tertiary/aromatic N) is 1. The van der Waals surface area contributed by atoms with Crippen LogP contribution in [0.3, 0.4) is 0 Å². The maximum absolute atomic E-state index is 14.5. The summed E-state index contributed by atoms with van der Waals surface area (Å²) in [5.74, 6) is -1.18. The van der Waals surface area contributed by atoms with Crippen LogP contribution in [0.25, 0.3) is 0 Å². The Bertz CT molecular complexity index is 482. The summed E-state index contributed by atoms with van der Waals surface area (Å²) in [6.07, 6.45) is 0. The normalized spacial score (nSPS) is 14.4. The monoisotopic (exact) mass is 249 g/mol. The molecule has 1 aromatic rings. The smallest absolute Gasteiger partial charge is 0.364 e. The highest BCUT2D eigenvalue weighted by atomic mass is 19.1. The predicted octanol–water partition coefficient (Wildman–Crippen LogP) is 3.03. The molecule has 4 heteroatoms. The van der Waals surface area contributed by atoms with Crippen LogP contribution in [0, 0.1) is 18.3 Å². The predicted molar refractivity (Wildman–Crippen MR) is 65.4 cm³/mol. The van der Waals surface area contributed by atoms with Crippen LogP contribution in [0.4, 0.5) is 4.39 Å². The zero-order valence-corrected chi connectivity index (χ0v) is 11.0. The first-order chi connectivity index (χ1) is 8.19. The van der Waals surface area contributed by atoms with Crippen molar-refractivity contribution in [3.05, 3.63) is 35.4 Å². The van der Waals surface area contributed by atoms with Gasteiger partial charge in [-0.2, -0.15) is 5.26 Å². The number of rotatable bonds is 2. The van der Waals surface area contributed by atoms with E-state index in [9.17, 15) is 9.18 Å². The van der Waals surface area contributed by atoms with Crippen LogP contribution in [-0.4, -0.2) is 11.6 Å². The van der Waals surface area contributed by atoms with Crippen molar-refractivity contribution in [2.24, 2.45) is 0 Å².